The van der Waals surface area contributed by atoms with Crippen molar-refractivity contribution in [2.75, 3.05) is 0 Å². The molecule has 0 aliphatic heterocycles. The minimum absolute atomic E-state index is 0. The van der Waals surface area contributed by atoms with Crippen molar-refractivity contribution in [2.45, 2.75) is 52.1 Å². The van der Waals surface area contributed by atoms with E-state index in [1.54, 1.807) is 6.92 Å². The molecule has 0 aromatic heterocycles. The molecule has 0 radical (unpaired) electrons. The molecule has 56 valence electrons. The minimum atomic E-state index is -0.346. The largest absolute Gasteiger partial charge is 1.00 e. The second-order valence-electron chi connectivity index (χ2n) is 2.66. The second kappa shape index (κ2) is 10.6. The van der Waals surface area contributed by atoms with Gasteiger partial charge >= 0.3 is 51.4 Å². The van der Waals surface area contributed by atoms with Gasteiger partial charge in [0.05, 0.1) is 0 Å². The maximum atomic E-state index is 10.5. The molecular weight excluding hydrogens is 151 g/mol. The van der Waals surface area contributed by atoms with E-state index in [1.165, 1.54) is 19.3 Å². The van der Waals surface area contributed by atoms with Crippen molar-refractivity contribution in [3.05, 3.63) is 0 Å². The monoisotopic (exact) mass is 168 g/mol. The van der Waals surface area contributed by atoms with Crippen molar-refractivity contribution in [3.8, 4) is 0 Å². The summed E-state index contributed by atoms with van der Waals surface area (Å²) in [6.07, 6.45) is 5.42. The maximum absolute atomic E-state index is 10.5. The molecule has 0 amide bonds. The van der Waals surface area contributed by atoms with E-state index in [-0.39, 0.29) is 57.5 Å². The molecule has 1 nitrogen and oxygen atoms in total. The Balaban J connectivity index is 0. The van der Waals surface area contributed by atoms with Crippen LogP contribution in [0.25, 0.3) is 0 Å². The smallest absolute Gasteiger partial charge is 0.852 e. The second-order valence-corrected chi connectivity index (χ2v) is 2.66. The van der Waals surface area contributed by atoms with Crippen LogP contribution >= 0.6 is 0 Å². The Morgan fingerprint density at radius 1 is 1.20 bits per heavy atom. The fraction of sp³-hybridized carbons (Fsp3) is 1.00. The van der Waals surface area contributed by atoms with Crippen LogP contribution in [-0.4, -0.2) is 6.10 Å². The number of hydrogen-bond acceptors (Lipinski definition) is 1. The molecule has 10 heavy (non-hydrogen) atoms. The van der Waals surface area contributed by atoms with Gasteiger partial charge in [-0.25, -0.2) is 0 Å². The van der Waals surface area contributed by atoms with Crippen molar-refractivity contribution in [1.29, 1.82) is 0 Å². The molecule has 0 bridgehead atoms. The van der Waals surface area contributed by atoms with E-state index >= 15 is 0 Å². The van der Waals surface area contributed by atoms with E-state index in [0.29, 0.717) is 0 Å². The number of unbranched alkanes of at least 4 members (excludes halogenated alkanes) is 3. The SMILES string of the molecule is CCCCCCC(C)[O-].[K+]. The molecule has 0 spiro atoms. The first-order chi connectivity index (χ1) is 4.27. The third-order valence-electron chi connectivity index (χ3n) is 1.46. The molecule has 0 fully saturated rings. The van der Waals surface area contributed by atoms with Gasteiger partial charge in [-0.3, -0.25) is 0 Å². The molecule has 0 rings (SSSR count). The van der Waals surface area contributed by atoms with Crippen LogP contribution in [0.2, 0.25) is 0 Å². The van der Waals surface area contributed by atoms with Crippen molar-refractivity contribution < 1.29 is 56.5 Å². The molecular formula is C8H17KO. The fourth-order valence-electron chi connectivity index (χ4n) is 0.859. The van der Waals surface area contributed by atoms with Crippen molar-refractivity contribution in [2.24, 2.45) is 0 Å². The Morgan fingerprint density at radius 2 is 1.80 bits per heavy atom. The number of rotatable bonds is 5. The molecule has 0 N–H and O–H groups in total. The molecule has 0 heterocycles. The van der Waals surface area contributed by atoms with Crippen molar-refractivity contribution in [3.63, 3.8) is 0 Å². The Morgan fingerprint density at radius 3 is 2.20 bits per heavy atom. The van der Waals surface area contributed by atoms with Gasteiger partial charge in [0.2, 0.25) is 0 Å². The average molecular weight is 168 g/mol. The summed E-state index contributed by atoms with van der Waals surface area (Å²) >= 11 is 0. The molecule has 0 aromatic rings. The van der Waals surface area contributed by atoms with E-state index in [2.05, 4.69) is 6.92 Å². The van der Waals surface area contributed by atoms with E-state index < -0.39 is 0 Å². The topological polar surface area (TPSA) is 23.1 Å². The van der Waals surface area contributed by atoms with E-state index in [0.717, 1.165) is 12.8 Å². The van der Waals surface area contributed by atoms with Gasteiger partial charge in [0.1, 0.15) is 0 Å². The van der Waals surface area contributed by atoms with Crippen LogP contribution in [0.3, 0.4) is 0 Å². The summed E-state index contributed by atoms with van der Waals surface area (Å²) in [5.41, 5.74) is 0. The molecule has 0 saturated carbocycles. The van der Waals surface area contributed by atoms with Crippen LogP contribution in [0.1, 0.15) is 46.0 Å². The zero-order valence-electron chi connectivity index (χ0n) is 7.52. The third-order valence-corrected chi connectivity index (χ3v) is 1.46. The standard InChI is InChI=1S/C8H17O.K/c1-3-4-5-6-7-8(2)9;/h8H,3-7H2,1-2H3;/q-1;+1. The van der Waals surface area contributed by atoms with E-state index in [4.69, 9.17) is 0 Å². The van der Waals surface area contributed by atoms with Gasteiger partial charge in [-0.1, -0.05) is 46.0 Å². The quantitative estimate of drug-likeness (QED) is 0.370. The van der Waals surface area contributed by atoms with Crippen LogP contribution in [0.5, 0.6) is 0 Å². The maximum Gasteiger partial charge on any atom is 1.00 e. The predicted octanol–water partition coefficient (Wildman–Crippen LogP) is -1.29. The van der Waals surface area contributed by atoms with Crippen LogP contribution in [-0.2, 0) is 0 Å². The Hall–Kier alpha value is 1.60. The minimum Gasteiger partial charge on any atom is -0.852 e. The van der Waals surface area contributed by atoms with Gasteiger partial charge in [0, 0.05) is 0 Å². The van der Waals surface area contributed by atoms with Crippen LogP contribution in [0.4, 0.5) is 0 Å². The van der Waals surface area contributed by atoms with Gasteiger partial charge in [-0.2, -0.15) is 0 Å². The zero-order valence-corrected chi connectivity index (χ0v) is 10.6. The summed E-state index contributed by atoms with van der Waals surface area (Å²) in [4.78, 5) is 0. The zero-order chi connectivity index (χ0) is 7.11. The molecule has 0 aliphatic rings. The van der Waals surface area contributed by atoms with Crippen molar-refractivity contribution in [1.82, 2.24) is 0 Å². The van der Waals surface area contributed by atoms with Gasteiger partial charge in [-0.05, 0) is 0 Å². The van der Waals surface area contributed by atoms with Gasteiger partial charge in [0.25, 0.3) is 0 Å². The van der Waals surface area contributed by atoms with E-state index in [1.807, 2.05) is 0 Å². The van der Waals surface area contributed by atoms with Gasteiger partial charge < -0.3 is 5.11 Å². The molecule has 0 aromatic carbocycles. The summed E-state index contributed by atoms with van der Waals surface area (Å²) in [5.74, 6) is 0. The molecule has 0 saturated heterocycles. The first-order valence-corrected chi connectivity index (χ1v) is 3.93. The van der Waals surface area contributed by atoms with Crippen LogP contribution in [0.15, 0.2) is 0 Å². The first-order valence-electron chi connectivity index (χ1n) is 3.93. The molecule has 2 heteroatoms. The number of hydrogen-bond donors (Lipinski definition) is 0. The predicted molar refractivity (Wildman–Crippen MR) is 38.2 cm³/mol. The molecule has 1 atom stereocenters. The van der Waals surface area contributed by atoms with Gasteiger partial charge in [0.15, 0.2) is 0 Å². The van der Waals surface area contributed by atoms with Crippen LogP contribution in [0, 0.1) is 0 Å². The summed E-state index contributed by atoms with van der Waals surface area (Å²) in [7, 11) is 0. The molecule has 0 aliphatic carbocycles. The third kappa shape index (κ3) is 12.3. The van der Waals surface area contributed by atoms with Gasteiger partial charge in [-0.15, -0.1) is 6.10 Å². The van der Waals surface area contributed by atoms with E-state index in [9.17, 15) is 5.11 Å². The summed E-state index contributed by atoms with van der Waals surface area (Å²) in [6.45, 7) is 3.92. The summed E-state index contributed by atoms with van der Waals surface area (Å²) in [6, 6.07) is 0. The Labute approximate surface area is 107 Å². The summed E-state index contributed by atoms with van der Waals surface area (Å²) in [5, 5.41) is 10.5. The fourth-order valence-corrected chi connectivity index (χ4v) is 0.859. The Kier molecular flexibility index (Phi) is 15.0. The molecule has 1 unspecified atom stereocenters. The van der Waals surface area contributed by atoms with Crippen molar-refractivity contribution >= 4 is 0 Å². The Bertz CT molecular complexity index is 55.2. The average Bonchev–Trinajstić information content (AvgIpc) is 1.80. The van der Waals surface area contributed by atoms with Crippen LogP contribution < -0.4 is 56.5 Å². The normalized spacial score (nSPS) is 12.3. The first kappa shape index (κ1) is 14.1. The summed E-state index contributed by atoms with van der Waals surface area (Å²) < 4.78 is 0.